The topological polar surface area (TPSA) is 0 Å². The van der Waals surface area contributed by atoms with Crippen molar-refractivity contribution in [3.05, 3.63) is 0 Å². The molecule has 0 radical (unpaired) electrons. The Morgan fingerprint density at radius 1 is 1.33 bits per heavy atom. The van der Waals surface area contributed by atoms with Crippen LogP contribution in [0.4, 0.5) is 0 Å². The second-order valence-corrected chi connectivity index (χ2v) is 4.24. The average Bonchev–Trinajstić information content (AvgIpc) is 2.03. The highest BCUT2D eigenvalue weighted by atomic mass is 14.6. The molecule has 0 saturated heterocycles. The molecule has 0 amide bonds. The first-order chi connectivity index (χ1) is 4.22. The molecule has 4 unspecified atom stereocenters. The molecule has 0 aromatic carbocycles. The first-order valence-corrected chi connectivity index (χ1v) is 4.22. The summed E-state index contributed by atoms with van der Waals surface area (Å²) in [6, 6.07) is 0. The van der Waals surface area contributed by atoms with E-state index >= 15 is 0 Å². The lowest BCUT2D eigenvalue weighted by Gasteiger charge is -2.28. The molecular formula is C9H16. The maximum absolute atomic E-state index is 2.41. The molecule has 0 N–H and O–H groups in total. The van der Waals surface area contributed by atoms with Crippen molar-refractivity contribution in [2.45, 2.75) is 27.2 Å². The van der Waals surface area contributed by atoms with Gasteiger partial charge in [-0.05, 0) is 36.0 Å². The summed E-state index contributed by atoms with van der Waals surface area (Å²) >= 11 is 0. The summed E-state index contributed by atoms with van der Waals surface area (Å²) in [4.78, 5) is 0. The van der Waals surface area contributed by atoms with Gasteiger partial charge >= 0.3 is 0 Å². The van der Waals surface area contributed by atoms with Crippen LogP contribution in [0, 0.1) is 29.6 Å². The fourth-order valence-corrected chi connectivity index (χ4v) is 2.65. The Hall–Kier alpha value is 0. The van der Waals surface area contributed by atoms with Crippen LogP contribution in [0.15, 0.2) is 0 Å². The minimum Gasteiger partial charge on any atom is -0.0625 e. The van der Waals surface area contributed by atoms with Crippen LogP contribution in [0.2, 0.25) is 0 Å². The van der Waals surface area contributed by atoms with Gasteiger partial charge in [0.15, 0.2) is 0 Å². The number of rotatable bonds is 1. The Morgan fingerprint density at radius 3 is 2.11 bits per heavy atom. The van der Waals surface area contributed by atoms with Crippen molar-refractivity contribution in [3.63, 3.8) is 0 Å². The molecule has 0 aromatic heterocycles. The van der Waals surface area contributed by atoms with Crippen molar-refractivity contribution in [1.82, 2.24) is 0 Å². The van der Waals surface area contributed by atoms with E-state index in [1.165, 1.54) is 0 Å². The highest BCUT2D eigenvalue weighted by molar-refractivity contribution is 5.08. The van der Waals surface area contributed by atoms with Gasteiger partial charge in [-0.1, -0.05) is 20.8 Å². The summed E-state index contributed by atoms with van der Waals surface area (Å²) in [5, 5.41) is 0. The molecule has 2 fully saturated rings. The summed E-state index contributed by atoms with van der Waals surface area (Å²) in [7, 11) is 0. The molecule has 0 nitrogen and oxygen atoms in total. The standard InChI is InChI=1S/C9H16/c1-5(2)7-4-8-6(3)9(7)8/h5-9H,4H2,1-3H3. The minimum atomic E-state index is 0.955. The van der Waals surface area contributed by atoms with E-state index in [1.807, 2.05) is 0 Å². The molecule has 4 atom stereocenters. The van der Waals surface area contributed by atoms with E-state index in [0.717, 1.165) is 29.6 Å². The number of fused-ring (bicyclic) bond motifs is 1. The quantitative estimate of drug-likeness (QED) is 0.504. The maximum Gasteiger partial charge on any atom is -0.0324 e. The van der Waals surface area contributed by atoms with Gasteiger partial charge in [0.05, 0.1) is 0 Å². The van der Waals surface area contributed by atoms with Crippen LogP contribution >= 0.6 is 0 Å². The lowest BCUT2D eigenvalue weighted by atomic mass is 9.77. The molecule has 2 rings (SSSR count). The van der Waals surface area contributed by atoms with E-state index in [9.17, 15) is 0 Å². The van der Waals surface area contributed by atoms with Gasteiger partial charge in [-0.2, -0.15) is 0 Å². The van der Waals surface area contributed by atoms with Crippen molar-refractivity contribution in [3.8, 4) is 0 Å². The van der Waals surface area contributed by atoms with Gasteiger partial charge < -0.3 is 0 Å². The first-order valence-electron chi connectivity index (χ1n) is 4.22. The van der Waals surface area contributed by atoms with Crippen molar-refractivity contribution in [2.75, 3.05) is 0 Å². The van der Waals surface area contributed by atoms with Crippen LogP contribution in [0.5, 0.6) is 0 Å². The molecule has 0 heterocycles. The molecule has 0 heteroatoms. The largest absolute Gasteiger partial charge is 0.0625 e. The Labute approximate surface area is 57.6 Å². The SMILES string of the molecule is CC(C)C1CC2C(C)C12. The van der Waals surface area contributed by atoms with Crippen LogP contribution < -0.4 is 0 Å². The van der Waals surface area contributed by atoms with Gasteiger partial charge in [-0.25, -0.2) is 0 Å². The van der Waals surface area contributed by atoms with E-state index in [-0.39, 0.29) is 0 Å². The first kappa shape index (κ1) is 5.76. The summed E-state index contributed by atoms with van der Waals surface area (Å²) in [5.74, 6) is 5.47. The molecule has 0 aromatic rings. The zero-order chi connectivity index (χ0) is 6.59. The van der Waals surface area contributed by atoms with Gasteiger partial charge in [0.1, 0.15) is 0 Å². The lowest BCUT2D eigenvalue weighted by Crippen LogP contribution is -2.20. The maximum atomic E-state index is 2.41. The summed E-state index contributed by atoms with van der Waals surface area (Å²) < 4.78 is 0. The van der Waals surface area contributed by atoms with Crippen molar-refractivity contribution in [2.24, 2.45) is 29.6 Å². The molecule has 2 aliphatic carbocycles. The van der Waals surface area contributed by atoms with Crippen LogP contribution in [0.25, 0.3) is 0 Å². The molecule has 52 valence electrons. The smallest absolute Gasteiger partial charge is 0.0324 e. The normalized spacial score (nSPS) is 54.7. The highest BCUT2D eigenvalue weighted by Gasteiger charge is 2.60. The predicted molar refractivity (Wildman–Crippen MR) is 39.1 cm³/mol. The summed E-state index contributed by atoms with van der Waals surface area (Å²) in [6.45, 7) is 7.15. The fraction of sp³-hybridized carbons (Fsp3) is 1.00. The van der Waals surface area contributed by atoms with Crippen LogP contribution in [-0.4, -0.2) is 0 Å². The van der Waals surface area contributed by atoms with Crippen molar-refractivity contribution >= 4 is 0 Å². The molecule has 2 saturated carbocycles. The second kappa shape index (κ2) is 1.53. The van der Waals surface area contributed by atoms with E-state index < -0.39 is 0 Å². The molecule has 0 aliphatic heterocycles. The average molecular weight is 124 g/mol. The Kier molecular flexibility index (Phi) is 0.980. The van der Waals surface area contributed by atoms with E-state index in [2.05, 4.69) is 20.8 Å². The molecule has 2 aliphatic rings. The third-order valence-corrected chi connectivity index (χ3v) is 3.53. The zero-order valence-corrected chi connectivity index (χ0v) is 6.59. The van der Waals surface area contributed by atoms with Crippen LogP contribution in [0.3, 0.4) is 0 Å². The Bertz CT molecular complexity index is 122. The third kappa shape index (κ3) is 0.595. The zero-order valence-electron chi connectivity index (χ0n) is 6.59. The van der Waals surface area contributed by atoms with Crippen molar-refractivity contribution < 1.29 is 0 Å². The minimum absolute atomic E-state index is 0.955. The number of hydrogen-bond acceptors (Lipinski definition) is 0. The number of hydrogen-bond donors (Lipinski definition) is 0. The monoisotopic (exact) mass is 124 g/mol. The van der Waals surface area contributed by atoms with Gasteiger partial charge in [0.2, 0.25) is 0 Å². The molecule has 9 heavy (non-hydrogen) atoms. The summed E-state index contributed by atoms with van der Waals surface area (Å²) in [6.07, 6.45) is 1.55. The molecular weight excluding hydrogens is 108 g/mol. The van der Waals surface area contributed by atoms with Gasteiger partial charge in [0.25, 0.3) is 0 Å². The van der Waals surface area contributed by atoms with E-state index in [4.69, 9.17) is 0 Å². The van der Waals surface area contributed by atoms with Crippen molar-refractivity contribution in [1.29, 1.82) is 0 Å². The van der Waals surface area contributed by atoms with E-state index in [1.54, 1.807) is 6.42 Å². The molecule has 0 spiro atoms. The van der Waals surface area contributed by atoms with Gasteiger partial charge in [-0.15, -0.1) is 0 Å². The molecule has 0 bridgehead atoms. The highest BCUT2D eigenvalue weighted by Crippen LogP contribution is 2.66. The Balaban J connectivity index is 1.93. The van der Waals surface area contributed by atoms with E-state index in [0.29, 0.717) is 0 Å². The lowest BCUT2D eigenvalue weighted by molar-refractivity contribution is 0.212. The second-order valence-electron chi connectivity index (χ2n) is 4.24. The van der Waals surface area contributed by atoms with Gasteiger partial charge in [0, 0.05) is 0 Å². The Morgan fingerprint density at radius 2 is 2.00 bits per heavy atom. The van der Waals surface area contributed by atoms with Gasteiger partial charge in [-0.3, -0.25) is 0 Å². The van der Waals surface area contributed by atoms with Crippen LogP contribution in [-0.2, 0) is 0 Å². The predicted octanol–water partition coefficient (Wildman–Crippen LogP) is 2.54. The van der Waals surface area contributed by atoms with Crippen LogP contribution in [0.1, 0.15) is 27.2 Å². The fourth-order valence-electron chi connectivity index (χ4n) is 2.65. The summed E-state index contributed by atoms with van der Waals surface area (Å²) in [5.41, 5.74) is 0. The third-order valence-electron chi connectivity index (χ3n) is 3.53.